The molecule has 52 valence electrons. The van der Waals surface area contributed by atoms with Crippen LogP contribution in [0.15, 0.2) is 0 Å². The third-order valence-corrected chi connectivity index (χ3v) is 2.50. The molecule has 1 heterocycles. The zero-order chi connectivity index (χ0) is 6.27. The Hall–Kier alpha value is -0.0800. The number of likely N-dealkylation sites (tertiary alicyclic amines) is 1. The molecular formula is C7H13NO. The van der Waals surface area contributed by atoms with E-state index in [1.54, 1.807) is 0 Å². The molecule has 0 radical (unpaired) electrons. The van der Waals surface area contributed by atoms with Crippen molar-refractivity contribution in [3.8, 4) is 0 Å². The molecule has 0 aromatic heterocycles. The molecule has 1 N–H and O–H groups in total. The molecule has 1 saturated heterocycles. The molecule has 0 aromatic carbocycles. The van der Waals surface area contributed by atoms with E-state index in [-0.39, 0.29) is 6.10 Å². The Labute approximate surface area is 55.5 Å². The molecule has 2 heteroatoms. The highest BCUT2D eigenvalue weighted by Gasteiger charge is 2.34. The maximum atomic E-state index is 8.96. The van der Waals surface area contributed by atoms with E-state index in [9.17, 15) is 0 Å². The molecule has 1 saturated carbocycles. The molecule has 0 aromatic rings. The van der Waals surface area contributed by atoms with Crippen molar-refractivity contribution in [3.05, 3.63) is 0 Å². The maximum absolute atomic E-state index is 8.96. The van der Waals surface area contributed by atoms with Gasteiger partial charge in [0.25, 0.3) is 0 Å². The molecule has 2 rings (SSSR count). The van der Waals surface area contributed by atoms with Gasteiger partial charge in [-0.3, -0.25) is 0 Å². The van der Waals surface area contributed by atoms with Crippen LogP contribution < -0.4 is 0 Å². The van der Waals surface area contributed by atoms with Crippen LogP contribution in [-0.4, -0.2) is 35.2 Å². The zero-order valence-corrected chi connectivity index (χ0v) is 5.58. The first-order chi connectivity index (χ1) is 4.36. The first-order valence-corrected chi connectivity index (χ1v) is 3.78. The van der Waals surface area contributed by atoms with E-state index in [1.807, 2.05) is 0 Å². The summed E-state index contributed by atoms with van der Waals surface area (Å²) in [6.07, 6.45) is 3.45. The van der Waals surface area contributed by atoms with Crippen LogP contribution in [0, 0.1) is 0 Å². The van der Waals surface area contributed by atoms with Gasteiger partial charge in [0.05, 0.1) is 6.10 Å². The van der Waals surface area contributed by atoms with Gasteiger partial charge in [0.15, 0.2) is 0 Å². The van der Waals surface area contributed by atoms with E-state index < -0.39 is 0 Å². The number of aliphatic hydroxyl groups is 1. The molecule has 1 aliphatic heterocycles. The largest absolute Gasteiger partial charge is 0.393 e. The fraction of sp³-hybridized carbons (Fsp3) is 1.00. The molecule has 0 atom stereocenters. The smallest absolute Gasteiger partial charge is 0.0570 e. The molecule has 0 amide bonds. The van der Waals surface area contributed by atoms with Crippen molar-refractivity contribution in [1.82, 2.24) is 4.90 Å². The predicted molar refractivity (Wildman–Crippen MR) is 35.2 cm³/mol. The minimum absolute atomic E-state index is 0.0237. The Morgan fingerprint density at radius 2 is 1.89 bits per heavy atom. The Balaban J connectivity index is 1.75. The summed E-state index contributed by atoms with van der Waals surface area (Å²) in [6, 6.07) is 0.744. The SMILES string of the molecule is OC1CC(N2CCC2)C1. The van der Waals surface area contributed by atoms with Crippen LogP contribution in [0.3, 0.4) is 0 Å². The lowest BCUT2D eigenvalue weighted by Gasteiger charge is -2.45. The van der Waals surface area contributed by atoms with Crippen molar-refractivity contribution in [2.45, 2.75) is 31.4 Å². The highest BCUT2D eigenvalue weighted by Crippen LogP contribution is 2.28. The van der Waals surface area contributed by atoms with Crippen LogP contribution in [0.1, 0.15) is 19.3 Å². The van der Waals surface area contributed by atoms with Gasteiger partial charge in [-0.2, -0.15) is 0 Å². The van der Waals surface area contributed by atoms with Crippen LogP contribution in [0.2, 0.25) is 0 Å². The number of rotatable bonds is 1. The van der Waals surface area contributed by atoms with Gasteiger partial charge in [0.1, 0.15) is 0 Å². The standard InChI is InChI=1S/C7H13NO/c9-7-4-6(5-7)8-2-1-3-8/h6-7,9H,1-5H2. The average Bonchev–Trinajstić information content (AvgIpc) is 1.57. The second-order valence-corrected chi connectivity index (χ2v) is 3.17. The molecular weight excluding hydrogens is 114 g/mol. The number of aliphatic hydroxyl groups excluding tert-OH is 1. The second kappa shape index (κ2) is 1.96. The summed E-state index contributed by atoms with van der Waals surface area (Å²) in [4.78, 5) is 2.46. The normalized spacial score (nSPS) is 43.7. The second-order valence-electron chi connectivity index (χ2n) is 3.17. The Bertz CT molecular complexity index is 105. The first-order valence-electron chi connectivity index (χ1n) is 3.78. The van der Waals surface area contributed by atoms with Gasteiger partial charge >= 0.3 is 0 Å². The third kappa shape index (κ3) is 0.864. The summed E-state index contributed by atoms with van der Waals surface area (Å²) in [5, 5.41) is 8.96. The van der Waals surface area contributed by atoms with Crippen molar-refractivity contribution in [2.75, 3.05) is 13.1 Å². The lowest BCUT2D eigenvalue weighted by atomic mass is 9.86. The summed E-state index contributed by atoms with van der Waals surface area (Å²) in [6.45, 7) is 2.55. The Morgan fingerprint density at radius 3 is 2.22 bits per heavy atom. The van der Waals surface area contributed by atoms with Gasteiger partial charge in [0, 0.05) is 6.04 Å². The van der Waals surface area contributed by atoms with Crippen LogP contribution in [-0.2, 0) is 0 Å². The van der Waals surface area contributed by atoms with Gasteiger partial charge < -0.3 is 10.0 Å². The monoisotopic (exact) mass is 127 g/mol. The fourth-order valence-electron chi connectivity index (χ4n) is 1.56. The molecule has 9 heavy (non-hydrogen) atoms. The van der Waals surface area contributed by atoms with Gasteiger partial charge in [-0.25, -0.2) is 0 Å². The topological polar surface area (TPSA) is 23.5 Å². The van der Waals surface area contributed by atoms with Crippen molar-refractivity contribution in [1.29, 1.82) is 0 Å². The van der Waals surface area contributed by atoms with Crippen LogP contribution in [0.5, 0.6) is 0 Å². The Morgan fingerprint density at radius 1 is 1.22 bits per heavy atom. The summed E-state index contributed by atoms with van der Waals surface area (Å²) in [7, 11) is 0. The molecule has 2 fully saturated rings. The van der Waals surface area contributed by atoms with E-state index in [4.69, 9.17) is 5.11 Å². The summed E-state index contributed by atoms with van der Waals surface area (Å²) < 4.78 is 0. The van der Waals surface area contributed by atoms with Crippen LogP contribution in [0.25, 0.3) is 0 Å². The van der Waals surface area contributed by atoms with E-state index in [0.29, 0.717) is 0 Å². The first kappa shape index (κ1) is 5.69. The molecule has 2 nitrogen and oxygen atoms in total. The Kier molecular flexibility index (Phi) is 1.24. The van der Waals surface area contributed by atoms with Crippen molar-refractivity contribution < 1.29 is 5.11 Å². The summed E-state index contributed by atoms with van der Waals surface area (Å²) in [5.41, 5.74) is 0. The van der Waals surface area contributed by atoms with Gasteiger partial charge in [0.2, 0.25) is 0 Å². The number of nitrogens with zero attached hydrogens (tertiary/aromatic N) is 1. The summed E-state index contributed by atoms with van der Waals surface area (Å²) >= 11 is 0. The minimum atomic E-state index is 0.0237. The lowest BCUT2D eigenvalue weighted by molar-refractivity contribution is -0.0232. The van der Waals surface area contributed by atoms with E-state index in [2.05, 4.69) is 4.90 Å². The van der Waals surface area contributed by atoms with Crippen molar-refractivity contribution in [2.24, 2.45) is 0 Å². The van der Waals surface area contributed by atoms with Gasteiger partial charge in [-0.1, -0.05) is 0 Å². The highest BCUT2D eigenvalue weighted by atomic mass is 16.3. The maximum Gasteiger partial charge on any atom is 0.0570 e. The third-order valence-electron chi connectivity index (χ3n) is 2.50. The number of hydrogen-bond donors (Lipinski definition) is 1. The minimum Gasteiger partial charge on any atom is -0.393 e. The van der Waals surface area contributed by atoms with Crippen molar-refractivity contribution in [3.63, 3.8) is 0 Å². The average molecular weight is 127 g/mol. The quantitative estimate of drug-likeness (QED) is 0.544. The molecule has 0 unspecified atom stereocenters. The fourth-order valence-corrected chi connectivity index (χ4v) is 1.56. The van der Waals surface area contributed by atoms with Crippen LogP contribution >= 0.6 is 0 Å². The van der Waals surface area contributed by atoms with E-state index in [1.165, 1.54) is 19.5 Å². The zero-order valence-electron chi connectivity index (χ0n) is 5.58. The van der Waals surface area contributed by atoms with Gasteiger partial charge in [-0.15, -0.1) is 0 Å². The molecule has 0 bridgehead atoms. The molecule has 2 aliphatic rings. The number of hydrogen-bond acceptors (Lipinski definition) is 2. The predicted octanol–water partition coefficient (Wildman–Crippen LogP) is 0.215. The highest BCUT2D eigenvalue weighted by molar-refractivity contribution is 4.89. The van der Waals surface area contributed by atoms with Crippen molar-refractivity contribution >= 4 is 0 Å². The van der Waals surface area contributed by atoms with Crippen LogP contribution in [0.4, 0.5) is 0 Å². The van der Waals surface area contributed by atoms with E-state index >= 15 is 0 Å². The molecule has 0 spiro atoms. The van der Waals surface area contributed by atoms with Gasteiger partial charge in [-0.05, 0) is 32.4 Å². The van der Waals surface area contributed by atoms with E-state index in [0.717, 1.165) is 18.9 Å². The lowest BCUT2D eigenvalue weighted by Crippen LogP contribution is -2.52. The molecule has 1 aliphatic carbocycles. The summed E-state index contributed by atoms with van der Waals surface area (Å²) in [5.74, 6) is 0.